The lowest BCUT2D eigenvalue weighted by molar-refractivity contribution is 0.0260. The highest BCUT2D eigenvalue weighted by molar-refractivity contribution is 5.93. The van der Waals surface area contributed by atoms with Crippen LogP contribution < -0.4 is 10.6 Å². The molecule has 0 aromatic heterocycles. The number of carbonyl (C=O) groups is 1. The zero-order chi connectivity index (χ0) is 12.6. The lowest BCUT2D eigenvalue weighted by atomic mass is 9.85. The molecule has 1 aliphatic carbocycles. The summed E-state index contributed by atoms with van der Waals surface area (Å²) in [5.41, 5.74) is 7.06. The van der Waals surface area contributed by atoms with Gasteiger partial charge >= 0.3 is 6.09 Å². The number of benzene rings is 1. The number of anilines is 2. The van der Waals surface area contributed by atoms with Gasteiger partial charge in [-0.2, -0.15) is 0 Å². The monoisotopic (exact) mass is 246 g/mol. The molecule has 4 nitrogen and oxygen atoms in total. The number of hydrogen-bond acceptors (Lipinski definition) is 3. The average Bonchev–Trinajstić information content (AvgIpc) is 2.67. The molecule has 1 saturated carbocycles. The Morgan fingerprint density at radius 1 is 1.17 bits per heavy atom. The Morgan fingerprint density at radius 3 is 2.61 bits per heavy atom. The second kappa shape index (κ2) is 4.19. The topological polar surface area (TPSA) is 55.6 Å². The maximum atomic E-state index is 12.0. The van der Waals surface area contributed by atoms with Gasteiger partial charge in [-0.1, -0.05) is 18.6 Å². The number of nitrogens with zero attached hydrogens (tertiary/aromatic N) is 1. The van der Waals surface area contributed by atoms with Crippen LogP contribution in [-0.4, -0.2) is 18.2 Å². The van der Waals surface area contributed by atoms with E-state index in [1.807, 2.05) is 24.3 Å². The third kappa shape index (κ3) is 1.82. The van der Waals surface area contributed by atoms with Crippen LogP contribution in [0.5, 0.6) is 0 Å². The van der Waals surface area contributed by atoms with E-state index in [4.69, 9.17) is 10.5 Å². The highest BCUT2D eigenvalue weighted by Crippen LogP contribution is 2.39. The molecule has 2 fully saturated rings. The van der Waals surface area contributed by atoms with E-state index < -0.39 is 0 Å². The molecule has 0 bridgehead atoms. The lowest BCUT2D eigenvalue weighted by Crippen LogP contribution is -2.36. The zero-order valence-corrected chi connectivity index (χ0v) is 10.4. The van der Waals surface area contributed by atoms with Gasteiger partial charge in [0.1, 0.15) is 5.60 Å². The van der Waals surface area contributed by atoms with Crippen molar-refractivity contribution < 1.29 is 9.53 Å². The molecule has 1 aliphatic heterocycles. The van der Waals surface area contributed by atoms with Crippen molar-refractivity contribution in [3.05, 3.63) is 24.3 Å². The highest BCUT2D eigenvalue weighted by atomic mass is 16.6. The molecular weight excluding hydrogens is 228 g/mol. The fraction of sp³-hybridized carbons (Fsp3) is 0.500. The van der Waals surface area contributed by atoms with E-state index in [9.17, 15) is 4.79 Å². The van der Waals surface area contributed by atoms with Crippen LogP contribution in [0.15, 0.2) is 24.3 Å². The van der Waals surface area contributed by atoms with Crippen molar-refractivity contribution in [1.82, 2.24) is 0 Å². The number of nitrogen functional groups attached to an aromatic ring is 1. The third-order valence-corrected chi connectivity index (χ3v) is 3.96. The molecule has 18 heavy (non-hydrogen) atoms. The molecule has 0 atom stereocenters. The minimum absolute atomic E-state index is 0.255. The van der Waals surface area contributed by atoms with Crippen LogP contribution in [0.25, 0.3) is 0 Å². The maximum Gasteiger partial charge on any atom is 0.415 e. The van der Waals surface area contributed by atoms with Gasteiger partial charge in [-0.15, -0.1) is 0 Å². The van der Waals surface area contributed by atoms with E-state index in [0.29, 0.717) is 12.2 Å². The van der Waals surface area contributed by atoms with Crippen molar-refractivity contribution in [3.8, 4) is 0 Å². The van der Waals surface area contributed by atoms with Crippen molar-refractivity contribution >= 4 is 17.5 Å². The van der Waals surface area contributed by atoms with E-state index in [-0.39, 0.29) is 11.7 Å². The molecular formula is C14H18N2O2. The Balaban J connectivity index is 1.87. The molecule has 1 spiro atoms. The van der Waals surface area contributed by atoms with Crippen LogP contribution in [0.3, 0.4) is 0 Å². The van der Waals surface area contributed by atoms with Gasteiger partial charge in [0, 0.05) is 0 Å². The van der Waals surface area contributed by atoms with Crippen LogP contribution in [0.1, 0.15) is 32.1 Å². The summed E-state index contributed by atoms with van der Waals surface area (Å²) < 4.78 is 5.64. The summed E-state index contributed by atoms with van der Waals surface area (Å²) in [4.78, 5) is 13.7. The van der Waals surface area contributed by atoms with E-state index in [1.54, 1.807) is 4.90 Å². The molecule has 2 N–H and O–H groups in total. The predicted octanol–water partition coefficient (Wildman–Crippen LogP) is 2.93. The number of amides is 1. The van der Waals surface area contributed by atoms with Gasteiger partial charge in [0.2, 0.25) is 0 Å². The van der Waals surface area contributed by atoms with Crippen LogP contribution in [0, 0.1) is 0 Å². The van der Waals surface area contributed by atoms with Gasteiger partial charge in [-0.25, -0.2) is 4.79 Å². The van der Waals surface area contributed by atoms with E-state index >= 15 is 0 Å². The Morgan fingerprint density at radius 2 is 1.89 bits per heavy atom. The van der Waals surface area contributed by atoms with Crippen molar-refractivity contribution in [2.75, 3.05) is 17.2 Å². The molecule has 1 amide bonds. The number of carbonyl (C=O) groups excluding carboxylic acids is 1. The van der Waals surface area contributed by atoms with Crippen molar-refractivity contribution in [2.24, 2.45) is 0 Å². The van der Waals surface area contributed by atoms with Gasteiger partial charge in [-0.05, 0) is 37.8 Å². The molecule has 1 heterocycles. The standard InChI is InChI=1S/C14H18N2O2/c15-11-6-2-3-7-12(11)16-10-14(18-13(16)17)8-4-1-5-9-14/h2-3,6-7H,1,4-5,8-10,15H2. The first-order valence-corrected chi connectivity index (χ1v) is 6.55. The number of hydrogen-bond donors (Lipinski definition) is 1. The van der Waals surface area contributed by atoms with E-state index in [1.165, 1.54) is 6.42 Å². The van der Waals surface area contributed by atoms with E-state index in [2.05, 4.69) is 0 Å². The second-order valence-electron chi connectivity index (χ2n) is 5.26. The minimum Gasteiger partial charge on any atom is -0.441 e. The number of rotatable bonds is 1. The molecule has 4 heteroatoms. The average molecular weight is 246 g/mol. The Kier molecular flexibility index (Phi) is 2.65. The summed E-state index contributed by atoms with van der Waals surface area (Å²) >= 11 is 0. The van der Waals surface area contributed by atoms with Crippen LogP contribution in [0.2, 0.25) is 0 Å². The SMILES string of the molecule is Nc1ccccc1N1CC2(CCCCC2)OC1=O. The number of ether oxygens (including phenoxy) is 1. The molecule has 1 saturated heterocycles. The van der Waals surface area contributed by atoms with Crippen LogP contribution in [-0.2, 0) is 4.74 Å². The van der Waals surface area contributed by atoms with Gasteiger partial charge in [0.15, 0.2) is 0 Å². The maximum absolute atomic E-state index is 12.0. The molecule has 0 radical (unpaired) electrons. The quantitative estimate of drug-likeness (QED) is 0.775. The largest absolute Gasteiger partial charge is 0.441 e. The summed E-state index contributed by atoms with van der Waals surface area (Å²) in [6.07, 6.45) is 5.22. The first-order chi connectivity index (χ1) is 8.70. The Labute approximate surface area is 107 Å². The molecule has 2 aliphatic rings. The van der Waals surface area contributed by atoms with Gasteiger partial charge < -0.3 is 10.5 Å². The fourth-order valence-electron chi connectivity index (χ4n) is 3.00. The molecule has 0 unspecified atom stereocenters. The summed E-state index contributed by atoms with van der Waals surface area (Å²) in [5, 5.41) is 0. The molecule has 1 aromatic rings. The van der Waals surface area contributed by atoms with Crippen molar-refractivity contribution in [1.29, 1.82) is 0 Å². The zero-order valence-electron chi connectivity index (χ0n) is 10.4. The Hall–Kier alpha value is -1.71. The smallest absolute Gasteiger partial charge is 0.415 e. The van der Waals surface area contributed by atoms with Crippen molar-refractivity contribution in [2.45, 2.75) is 37.7 Å². The summed E-state index contributed by atoms with van der Waals surface area (Å²) in [7, 11) is 0. The van der Waals surface area contributed by atoms with Crippen LogP contribution >= 0.6 is 0 Å². The molecule has 96 valence electrons. The predicted molar refractivity (Wildman–Crippen MR) is 70.5 cm³/mol. The summed E-state index contributed by atoms with van der Waals surface area (Å²) in [5.74, 6) is 0. The van der Waals surface area contributed by atoms with Gasteiger partial charge in [0.25, 0.3) is 0 Å². The summed E-state index contributed by atoms with van der Waals surface area (Å²) in [6, 6.07) is 7.45. The van der Waals surface area contributed by atoms with E-state index in [0.717, 1.165) is 31.4 Å². The Bertz CT molecular complexity index is 467. The van der Waals surface area contributed by atoms with Crippen molar-refractivity contribution in [3.63, 3.8) is 0 Å². The van der Waals surface area contributed by atoms with Gasteiger partial charge in [0.05, 0.1) is 17.9 Å². The first-order valence-electron chi connectivity index (χ1n) is 6.55. The number of nitrogens with two attached hydrogens (primary N) is 1. The summed E-state index contributed by atoms with van der Waals surface area (Å²) in [6.45, 7) is 0.639. The lowest BCUT2D eigenvalue weighted by Gasteiger charge is -2.30. The molecule has 3 rings (SSSR count). The first kappa shape index (κ1) is 11.4. The highest BCUT2D eigenvalue weighted by Gasteiger charge is 2.46. The normalized spacial score (nSPS) is 22.2. The van der Waals surface area contributed by atoms with Gasteiger partial charge in [-0.3, -0.25) is 4.90 Å². The van der Waals surface area contributed by atoms with Crippen LogP contribution in [0.4, 0.5) is 16.2 Å². The molecule has 1 aromatic carbocycles. The second-order valence-corrected chi connectivity index (χ2v) is 5.26. The number of para-hydroxylation sites is 2. The fourth-order valence-corrected chi connectivity index (χ4v) is 3.00. The third-order valence-electron chi connectivity index (χ3n) is 3.96. The minimum atomic E-state index is -0.266.